The number of nitrogens with zero attached hydrogens (tertiary/aromatic N) is 2. The van der Waals surface area contributed by atoms with Crippen molar-refractivity contribution < 1.29 is 4.79 Å². The van der Waals surface area contributed by atoms with E-state index < -0.39 is 0 Å². The molecule has 0 fully saturated rings. The Hall–Kier alpha value is -1.06. The molecule has 0 saturated carbocycles. The van der Waals surface area contributed by atoms with E-state index in [-0.39, 0.29) is 5.91 Å². The summed E-state index contributed by atoms with van der Waals surface area (Å²) in [5, 5.41) is 0. The fourth-order valence-corrected chi connectivity index (χ4v) is 0.532. The average Bonchev–Trinajstić information content (AvgIpc) is 1.85. The fourth-order valence-electron chi connectivity index (χ4n) is 0.532. The van der Waals surface area contributed by atoms with E-state index in [1.54, 1.807) is 11.9 Å². The van der Waals surface area contributed by atoms with Crippen molar-refractivity contribution in [2.75, 3.05) is 13.6 Å². The van der Waals surface area contributed by atoms with Crippen LogP contribution < -0.4 is 5.73 Å². The number of hydrogen-bond donors (Lipinski definition) is 1. The molecule has 0 aliphatic carbocycles. The van der Waals surface area contributed by atoms with Crippen LogP contribution in [0, 0.1) is 0 Å². The van der Waals surface area contributed by atoms with Gasteiger partial charge in [0.2, 0.25) is 0 Å². The third-order valence-corrected chi connectivity index (χ3v) is 1.00. The van der Waals surface area contributed by atoms with Crippen molar-refractivity contribution in [1.29, 1.82) is 0 Å². The summed E-state index contributed by atoms with van der Waals surface area (Å²) in [7, 11) is 1.73. The third-order valence-electron chi connectivity index (χ3n) is 1.00. The van der Waals surface area contributed by atoms with Crippen LogP contribution in [0.5, 0.6) is 0 Å². The molecule has 0 spiro atoms. The summed E-state index contributed by atoms with van der Waals surface area (Å²) in [6, 6.07) is 0. The minimum Gasteiger partial charge on any atom is -0.369 e. The van der Waals surface area contributed by atoms with Crippen molar-refractivity contribution in [3.8, 4) is 0 Å². The molecule has 8 heavy (non-hydrogen) atoms. The maximum Gasteiger partial charge on any atom is 0.268 e. The number of carbonyl (C=O) groups excluding carboxylic acids is 1. The molecule has 1 amide bonds. The van der Waals surface area contributed by atoms with Crippen LogP contribution in [-0.2, 0) is 4.79 Å². The number of guanidine groups is 1. The summed E-state index contributed by atoms with van der Waals surface area (Å²) in [6.07, 6.45) is 0. The van der Waals surface area contributed by atoms with E-state index in [9.17, 15) is 4.79 Å². The van der Waals surface area contributed by atoms with Crippen molar-refractivity contribution in [2.45, 2.75) is 0 Å². The van der Waals surface area contributed by atoms with Gasteiger partial charge in [0.25, 0.3) is 5.91 Å². The number of nitrogens with two attached hydrogens (primary N) is 1. The Morgan fingerprint density at radius 1 is 1.88 bits per heavy atom. The van der Waals surface area contributed by atoms with E-state index in [0.29, 0.717) is 12.5 Å². The Labute approximate surface area is 47.0 Å². The number of amides is 1. The van der Waals surface area contributed by atoms with E-state index in [1.165, 1.54) is 0 Å². The van der Waals surface area contributed by atoms with Crippen LogP contribution in [-0.4, -0.2) is 30.4 Å². The molecule has 1 rings (SSSR count). The summed E-state index contributed by atoms with van der Waals surface area (Å²) in [4.78, 5) is 15.4. The first-order valence-electron chi connectivity index (χ1n) is 2.28. The largest absolute Gasteiger partial charge is 0.369 e. The summed E-state index contributed by atoms with van der Waals surface area (Å²) < 4.78 is 0. The van der Waals surface area contributed by atoms with Gasteiger partial charge < -0.3 is 10.6 Å². The highest BCUT2D eigenvalue weighted by atomic mass is 16.2. The first kappa shape index (κ1) is 5.08. The molecule has 1 aliphatic heterocycles. The van der Waals surface area contributed by atoms with Crippen LogP contribution >= 0.6 is 0 Å². The van der Waals surface area contributed by atoms with Crippen molar-refractivity contribution >= 4 is 11.9 Å². The summed E-state index contributed by atoms with van der Waals surface area (Å²) in [6.45, 7) is 0.325. The van der Waals surface area contributed by atoms with Gasteiger partial charge in [0.15, 0.2) is 5.96 Å². The standard InChI is InChI=1S/C4H7N3O/c1-7-2-3(8)6-4(7)5/h2H2,1H3,(H2,5,6,8)/i4+1. The maximum absolute atomic E-state index is 10.4. The molecule has 0 unspecified atom stereocenters. The van der Waals surface area contributed by atoms with Crippen molar-refractivity contribution in [1.82, 2.24) is 4.90 Å². The molecule has 1 aliphatic rings. The van der Waals surface area contributed by atoms with Gasteiger partial charge in [-0.05, 0) is 0 Å². The van der Waals surface area contributed by atoms with Crippen molar-refractivity contribution in [2.24, 2.45) is 10.7 Å². The Balaban J connectivity index is 2.73. The Morgan fingerprint density at radius 3 is 2.62 bits per heavy atom. The second-order valence-corrected chi connectivity index (χ2v) is 1.72. The van der Waals surface area contributed by atoms with Gasteiger partial charge in [-0.2, -0.15) is 4.99 Å². The van der Waals surface area contributed by atoms with E-state index in [1.807, 2.05) is 0 Å². The second-order valence-electron chi connectivity index (χ2n) is 1.72. The van der Waals surface area contributed by atoms with E-state index in [0.717, 1.165) is 0 Å². The van der Waals surface area contributed by atoms with Gasteiger partial charge in [-0.15, -0.1) is 0 Å². The lowest BCUT2D eigenvalue weighted by atomic mass is 10.6. The molecule has 4 nitrogen and oxygen atoms in total. The normalized spacial score (nSPS) is 19.4. The van der Waals surface area contributed by atoms with Crippen molar-refractivity contribution in [3.63, 3.8) is 0 Å². The lowest BCUT2D eigenvalue weighted by molar-refractivity contribution is -0.116. The van der Waals surface area contributed by atoms with Gasteiger partial charge in [-0.1, -0.05) is 0 Å². The zero-order valence-electron chi connectivity index (χ0n) is 4.59. The molecule has 0 radical (unpaired) electrons. The van der Waals surface area contributed by atoms with Gasteiger partial charge in [0, 0.05) is 7.05 Å². The molecular weight excluding hydrogens is 107 g/mol. The van der Waals surface area contributed by atoms with Crippen LogP contribution in [0.2, 0.25) is 0 Å². The number of aliphatic imine (C=N–C) groups is 1. The van der Waals surface area contributed by atoms with E-state index in [2.05, 4.69) is 4.99 Å². The molecule has 2 N–H and O–H groups in total. The zero-order chi connectivity index (χ0) is 6.15. The van der Waals surface area contributed by atoms with E-state index in [4.69, 9.17) is 5.73 Å². The highest BCUT2D eigenvalue weighted by molar-refractivity contribution is 5.99. The second kappa shape index (κ2) is 1.47. The summed E-state index contributed by atoms with van der Waals surface area (Å²) in [5.41, 5.74) is 5.22. The number of rotatable bonds is 0. The van der Waals surface area contributed by atoms with Crippen molar-refractivity contribution in [3.05, 3.63) is 0 Å². The van der Waals surface area contributed by atoms with Crippen LogP contribution in [0.4, 0.5) is 0 Å². The monoisotopic (exact) mass is 114 g/mol. The SMILES string of the molecule is CN1CC(=O)N=[13C]1N. The maximum atomic E-state index is 10.4. The Bertz CT molecular complexity index is 151. The van der Waals surface area contributed by atoms with Crippen LogP contribution in [0.15, 0.2) is 4.99 Å². The number of hydrogen-bond acceptors (Lipinski definition) is 3. The highest BCUT2D eigenvalue weighted by Crippen LogP contribution is 1.92. The molecule has 0 saturated heterocycles. The molecule has 44 valence electrons. The Kier molecular flexibility index (Phi) is 0.932. The van der Waals surface area contributed by atoms with Crippen LogP contribution in [0.1, 0.15) is 0 Å². The summed E-state index contributed by atoms with van der Waals surface area (Å²) in [5.74, 6) is 0.153. The molecule has 0 aromatic rings. The molecule has 1 heterocycles. The quantitative estimate of drug-likeness (QED) is 0.401. The Morgan fingerprint density at radius 2 is 2.50 bits per heavy atom. The molecule has 4 heteroatoms. The first-order chi connectivity index (χ1) is 3.70. The number of carbonyl (C=O) groups is 1. The fraction of sp³-hybridized carbons (Fsp3) is 0.500. The van der Waals surface area contributed by atoms with Gasteiger partial charge in [-0.3, -0.25) is 4.79 Å². The minimum atomic E-state index is -0.162. The molecule has 0 aromatic heterocycles. The lowest BCUT2D eigenvalue weighted by Crippen LogP contribution is -2.29. The predicted molar refractivity (Wildman–Crippen MR) is 29.3 cm³/mol. The van der Waals surface area contributed by atoms with Gasteiger partial charge in [-0.25, -0.2) is 0 Å². The lowest BCUT2D eigenvalue weighted by Gasteiger charge is -2.05. The third kappa shape index (κ3) is 0.641. The topological polar surface area (TPSA) is 58.7 Å². The minimum absolute atomic E-state index is 0.162. The zero-order valence-corrected chi connectivity index (χ0v) is 4.59. The average molecular weight is 114 g/mol. The first-order valence-corrected chi connectivity index (χ1v) is 2.28. The highest BCUT2D eigenvalue weighted by Gasteiger charge is 2.15. The molecule has 0 aromatic carbocycles. The van der Waals surface area contributed by atoms with Crippen LogP contribution in [0.25, 0.3) is 0 Å². The van der Waals surface area contributed by atoms with Gasteiger partial charge in [0.1, 0.15) is 6.54 Å². The number of likely N-dealkylation sites (N-methyl/N-ethyl adjacent to an activating group) is 1. The van der Waals surface area contributed by atoms with Gasteiger partial charge >= 0.3 is 0 Å². The van der Waals surface area contributed by atoms with E-state index >= 15 is 0 Å². The smallest absolute Gasteiger partial charge is 0.268 e. The molecule has 0 bridgehead atoms. The van der Waals surface area contributed by atoms with Gasteiger partial charge in [0.05, 0.1) is 0 Å². The van der Waals surface area contributed by atoms with Crippen LogP contribution in [0.3, 0.4) is 0 Å². The molecular formula is C4H7N3O. The predicted octanol–water partition coefficient (Wildman–Crippen LogP) is -1.23. The molecule has 0 atom stereocenters. The summed E-state index contributed by atoms with van der Waals surface area (Å²) >= 11 is 0.